The number of hydrogen-bond donors (Lipinski definition) is 0. The lowest BCUT2D eigenvalue weighted by Crippen LogP contribution is -2.51. The summed E-state index contributed by atoms with van der Waals surface area (Å²) in [6.45, 7) is 20.5. The van der Waals surface area contributed by atoms with Crippen LogP contribution >= 0.6 is 48.9 Å². The predicted octanol–water partition coefficient (Wildman–Crippen LogP) is 17.9. The van der Waals surface area contributed by atoms with Crippen molar-refractivity contribution in [2.75, 3.05) is 46.0 Å². The van der Waals surface area contributed by atoms with Crippen molar-refractivity contribution in [1.82, 2.24) is 19.6 Å². The maximum Gasteiger partial charge on any atom is 0.423 e. The number of rotatable bonds is 10. The number of carbonyl (C=O) groups excluding carboxylic acids is 8. The molecule has 4 saturated heterocycles. The molecule has 0 atom stereocenters. The Bertz CT molecular complexity index is 4070. The number of carbonyl (C=O) groups is 8. The van der Waals surface area contributed by atoms with Gasteiger partial charge in [0.1, 0.15) is 22.2 Å². The number of benzene rings is 5. The molecule has 4 aliphatic heterocycles. The van der Waals surface area contributed by atoms with Gasteiger partial charge in [0.05, 0.1) is 26.4 Å². The Balaban J connectivity index is 0.000000150. The molecule has 0 unspecified atom stereocenters. The van der Waals surface area contributed by atoms with Crippen LogP contribution in [0.2, 0.25) is 0 Å². The Hall–Kier alpha value is -8.58. The topological polar surface area (TPSA) is 199 Å². The standard InChI is InChI=1S/C23H24N2O3S.C21H28N2O3S.C20H26N2O3S.C17H20N2O3S/c1-2-28-22(27)24-20(26)23(15-7-4-8-16-23)25(21(24)29)19-13-11-18(12-14-19)17-9-5-3-6-10-17;1-5-26-19(25)22-17(24)21(13-7-6-8-14-21)23(18(22)27)16-11-9-15(10-12-16)20(2,3)4;1-4-25-19(24)21-17(23)20(12-6-5-7-13-20)22(18(21)26)16-10-8-15(9-11-16)14(2)3;1-3-22-16(21)18-14(20)17(10-4-5-11-17)19(15(18)23)13-8-6-12(2)7-9-13/h3,5-6,9-14H,2,4,7-8,15-16H2,1H3;9-12H,5-8,13-14H2,1-4H3;8-11,14H,4-7,12-13H2,1-3H3;6-9H,3-5,10-11H2,1-2H3. The van der Waals surface area contributed by atoms with Crippen molar-refractivity contribution in [2.45, 2.75) is 225 Å². The van der Waals surface area contributed by atoms with Crippen molar-refractivity contribution in [3.05, 3.63) is 144 Å². The lowest BCUT2D eigenvalue weighted by molar-refractivity contribution is -0.131. The second-order valence-corrected chi connectivity index (χ2v) is 30.6. The van der Waals surface area contributed by atoms with E-state index < -0.39 is 46.5 Å². The average Bonchev–Trinajstić information content (AvgIpc) is 1.61. The molecule has 4 spiro atoms. The summed E-state index contributed by atoms with van der Waals surface area (Å²) in [4.78, 5) is 114. The van der Waals surface area contributed by atoms with Gasteiger partial charge >= 0.3 is 24.4 Å². The Labute approximate surface area is 639 Å². The second-order valence-electron chi connectivity index (χ2n) is 29.1. The fourth-order valence-corrected chi connectivity index (χ4v) is 17.6. The Morgan fingerprint density at radius 1 is 0.371 bits per heavy atom. The number of aryl methyl sites for hydroxylation is 1. The molecule has 5 aromatic carbocycles. The van der Waals surface area contributed by atoms with Gasteiger partial charge in [0, 0.05) is 22.7 Å². The van der Waals surface area contributed by atoms with Gasteiger partial charge in [-0.25, -0.2) is 19.2 Å². The van der Waals surface area contributed by atoms with Gasteiger partial charge in [-0.3, -0.25) is 19.2 Å². The van der Waals surface area contributed by atoms with Crippen LogP contribution in [0.4, 0.5) is 41.9 Å². The van der Waals surface area contributed by atoms with Crippen LogP contribution < -0.4 is 19.6 Å². The first-order valence-electron chi connectivity index (χ1n) is 37.1. The van der Waals surface area contributed by atoms with Crippen molar-refractivity contribution in [3.8, 4) is 11.1 Å². The summed E-state index contributed by atoms with van der Waals surface area (Å²) in [6.07, 6.45) is 13.7. The molecular weight excluding hydrogens is 1410 g/mol. The van der Waals surface area contributed by atoms with Crippen LogP contribution in [0.5, 0.6) is 0 Å². The number of anilines is 4. The summed E-state index contributed by atoms with van der Waals surface area (Å²) < 4.78 is 20.3. The summed E-state index contributed by atoms with van der Waals surface area (Å²) in [5, 5.41) is 0.888. The zero-order chi connectivity index (χ0) is 75.8. The molecule has 4 saturated carbocycles. The van der Waals surface area contributed by atoms with E-state index in [1.807, 2.05) is 118 Å². The van der Waals surface area contributed by atoms with E-state index in [2.05, 4.69) is 71.0 Å². The summed E-state index contributed by atoms with van der Waals surface area (Å²) >= 11 is 22.3. The van der Waals surface area contributed by atoms with E-state index in [-0.39, 0.29) is 75.9 Å². The predicted molar refractivity (Wildman–Crippen MR) is 423 cm³/mol. The molecule has 105 heavy (non-hydrogen) atoms. The molecule has 24 heteroatoms. The number of hydrogen-bond acceptors (Lipinski definition) is 16. The Morgan fingerprint density at radius 2 is 0.619 bits per heavy atom. The van der Waals surface area contributed by atoms with Gasteiger partial charge in [0.15, 0.2) is 20.4 Å². The van der Waals surface area contributed by atoms with Gasteiger partial charge in [-0.15, -0.1) is 0 Å². The van der Waals surface area contributed by atoms with E-state index in [9.17, 15) is 38.4 Å². The molecule has 0 aromatic heterocycles. The normalized spacial score (nSPS) is 19.3. The van der Waals surface area contributed by atoms with E-state index in [0.717, 1.165) is 130 Å². The number of imide groups is 4. The van der Waals surface area contributed by atoms with Gasteiger partial charge in [-0.2, -0.15) is 19.6 Å². The number of nitrogens with zero attached hydrogens (tertiary/aromatic N) is 8. The quantitative estimate of drug-likeness (QED) is 0.0943. The minimum atomic E-state index is -0.795. The molecule has 558 valence electrons. The molecule has 4 aliphatic carbocycles. The first-order valence-corrected chi connectivity index (χ1v) is 38.7. The van der Waals surface area contributed by atoms with Gasteiger partial charge in [0.25, 0.3) is 23.6 Å². The van der Waals surface area contributed by atoms with Gasteiger partial charge in [-0.05, 0) is 217 Å². The Kier molecular flexibility index (Phi) is 25.2. The second kappa shape index (κ2) is 33.5. The molecule has 13 rings (SSSR count). The third-order valence-corrected chi connectivity index (χ3v) is 22.7. The van der Waals surface area contributed by atoms with E-state index in [1.165, 1.54) is 11.1 Å². The largest absolute Gasteiger partial charge is 0.449 e. The van der Waals surface area contributed by atoms with Crippen molar-refractivity contribution in [3.63, 3.8) is 0 Å². The van der Waals surface area contributed by atoms with Crippen LogP contribution in [-0.2, 0) is 43.5 Å². The molecule has 8 amide bonds. The Morgan fingerprint density at radius 3 is 0.886 bits per heavy atom. The SMILES string of the molecule is CCOC(=O)N1C(=O)C2(CCCC2)N(c2ccc(C)cc2)C1=S.CCOC(=O)N1C(=O)C2(CCCCC2)N(c2ccc(-c3ccccc3)cc2)C1=S.CCOC(=O)N1C(=O)C2(CCCCC2)N(c2ccc(C(C)(C)C)cc2)C1=S.CCOC(=O)N1C(=O)C2(CCCCC2)N(c2ccc(C(C)C)cc2)C1=S. The van der Waals surface area contributed by atoms with Crippen molar-refractivity contribution in [2.24, 2.45) is 0 Å². The molecule has 5 aromatic rings. The third kappa shape index (κ3) is 15.4. The average molecular weight is 1500 g/mol. The fourth-order valence-electron chi connectivity index (χ4n) is 15.9. The van der Waals surface area contributed by atoms with Crippen molar-refractivity contribution < 1.29 is 57.3 Å². The van der Waals surface area contributed by atoms with E-state index in [0.29, 0.717) is 57.3 Å². The smallest absolute Gasteiger partial charge is 0.423 e. The first kappa shape index (κ1) is 79.0. The number of amides is 8. The molecule has 8 aliphatic rings. The first-order chi connectivity index (χ1) is 50.2. The molecular formula is C81H98N8O12S4. The highest BCUT2D eigenvalue weighted by atomic mass is 32.1. The van der Waals surface area contributed by atoms with Gasteiger partial charge < -0.3 is 38.5 Å². The summed E-state index contributed by atoms with van der Waals surface area (Å²) in [6, 6.07) is 42.3. The van der Waals surface area contributed by atoms with Crippen LogP contribution in [-0.4, -0.2) is 137 Å². The van der Waals surface area contributed by atoms with Gasteiger partial charge in [-0.1, -0.05) is 190 Å². The number of thiocarbonyl (C=S) groups is 4. The highest BCUT2D eigenvalue weighted by Crippen LogP contribution is 2.49. The molecule has 0 bridgehead atoms. The lowest BCUT2D eigenvalue weighted by Gasteiger charge is -2.39. The monoisotopic (exact) mass is 1500 g/mol. The van der Waals surface area contributed by atoms with Crippen LogP contribution in [0.25, 0.3) is 11.1 Å². The summed E-state index contributed by atoms with van der Waals surface area (Å²) in [5.41, 5.74) is 6.16. The molecule has 8 fully saturated rings. The minimum absolute atomic E-state index is 0.0410. The van der Waals surface area contributed by atoms with E-state index >= 15 is 0 Å². The van der Waals surface area contributed by atoms with E-state index in [1.54, 1.807) is 27.7 Å². The summed E-state index contributed by atoms with van der Waals surface area (Å²) in [7, 11) is 0. The molecule has 0 radical (unpaired) electrons. The molecule has 0 N–H and O–H groups in total. The maximum absolute atomic E-state index is 13.4. The zero-order valence-electron chi connectivity index (χ0n) is 62.1. The fraction of sp³-hybridized carbons (Fsp3) is 0.481. The van der Waals surface area contributed by atoms with Gasteiger partial charge in [0.2, 0.25) is 0 Å². The van der Waals surface area contributed by atoms with Crippen molar-refractivity contribution >= 4 is 140 Å². The summed E-state index contributed by atoms with van der Waals surface area (Å²) in [5.74, 6) is -0.568. The maximum atomic E-state index is 13.4. The number of ether oxygens (including phenoxy) is 4. The highest BCUT2D eigenvalue weighted by Gasteiger charge is 2.62. The van der Waals surface area contributed by atoms with Crippen molar-refractivity contribution in [1.29, 1.82) is 0 Å². The van der Waals surface area contributed by atoms with Crippen LogP contribution in [0.1, 0.15) is 207 Å². The highest BCUT2D eigenvalue weighted by molar-refractivity contribution is 7.81. The zero-order valence-corrected chi connectivity index (χ0v) is 65.3. The van der Waals surface area contributed by atoms with Crippen LogP contribution in [0.15, 0.2) is 127 Å². The third-order valence-electron chi connectivity index (χ3n) is 21.3. The van der Waals surface area contributed by atoms with Crippen LogP contribution in [0, 0.1) is 6.92 Å². The van der Waals surface area contributed by atoms with E-state index in [4.69, 9.17) is 67.8 Å². The van der Waals surface area contributed by atoms with Crippen LogP contribution in [0.3, 0.4) is 0 Å². The minimum Gasteiger partial charge on any atom is -0.449 e. The molecule has 20 nitrogen and oxygen atoms in total. The molecule has 4 heterocycles. The lowest BCUT2D eigenvalue weighted by atomic mass is 9.80.